The SMILES string of the molecule is CC(C)(N)c1cc(Cl)c(N)c(Cl)c1. The Morgan fingerprint density at radius 1 is 1.15 bits per heavy atom. The van der Waals surface area contributed by atoms with E-state index in [9.17, 15) is 0 Å². The Morgan fingerprint density at radius 2 is 1.54 bits per heavy atom. The van der Waals surface area contributed by atoms with Crippen LogP contribution in [-0.4, -0.2) is 0 Å². The summed E-state index contributed by atoms with van der Waals surface area (Å²) in [7, 11) is 0. The van der Waals surface area contributed by atoms with E-state index in [1.165, 1.54) is 0 Å². The molecule has 0 aliphatic carbocycles. The highest BCUT2D eigenvalue weighted by Gasteiger charge is 2.16. The molecule has 0 bridgehead atoms. The lowest BCUT2D eigenvalue weighted by Gasteiger charge is -2.20. The molecule has 0 saturated carbocycles. The maximum Gasteiger partial charge on any atom is 0.0693 e. The van der Waals surface area contributed by atoms with Crippen LogP contribution in [0.2, 0.25) is 10.0 Å². The molecule has 13 heavy (non-hydrogen) atoms. The molecule has 4 heteroatoms. The Kier molecular flexibility index (Phi) is 2.76. The van der Waals surface area contributed by atoms with Crippen LogP contribution in [0.25, 0.3) is 0 Å². The van der Waals surface area contributed by atoms with Crippen molar-refractivity contribution in [2.45, 2.75) is 19.4 Å². The molecule has 0 saturated heterocycles. The van der Waals surface area contributed by atoms with Crippen LogP contribution in [0.4, 0.5) is 5.69 Å². The minimum absolute atomic E-state index is 0.399. The van der Waals surface area contributed by atoms with Crippen molar-refractivity contribution in [3.05, 3.63) is 27.7 Å². The van der Waals surface area contributed by atoms with Crippen molar-refractivity contribution in [2.75, 3.05) is 5.73 Å². The maximum absolute atomic E-state index is 5.89. The van der Waals surface area contributed by atoms with Crippen molar-refractivity contribution in [3.63, 3.8) is 0 Å². The molecule has 72 valence electrons. The van der Waals surface area contributed by atoms with Crippen LogP contribution in [0, 0.1) is 0 Å². The molecule has 1 aromatic carbocycles. The summed E-state index contributed by atoms with van der Waals surface area (Å²) < 4.78 is 0. The minimum atomic E-state index is -0.457. The first-order valence-corrected chi connectivity index (χ1v) is 4.62. The van der Waals surface area contributed by atoms with Gasteiger partial charge < -0.3 is 11.5 Å². The third-order valence-electron chi connectivity index (χ3n) is 1.82. The average Bonchev–Trinajstić information content (AvgIpc) is 1.97. The van der Waals surface area contributed by atoms with Crippen LogP contribution in [0.3, 0.4) is 0 Å². The molecule has 1 rings (SSSR count). The standard InChI is InChI=1S/C9H12Cl2N2/c1-9(2,13)5-3-6(10)8(12)7(11)4-5/h3-4H,12-13H2,1-2H3. The highest BCUT2D eigenvalue weighted by atomic mass is 35.5. The third kappa shape index (κ3) is 2.27. The Labute approximate surface area is 87.8 Å². The summed E-state index contributed by atoms with van der Waals surface area (Å²) in [6.45, 7) is 3.76. The number of hydrogen-bond donors (Lipinski definition) is 2. The molecule has 2 nitrogen and oxygen atoms in total. The summed E-state index contributed by atoms with van der Waals surface area (Å²) in [6, 6.07) is 3.48. The number of rotatable bonds is 1. The lowest BCUT2D eigenvalue weighted by atomic mass is 9.95. The maximum atomic E-state index is 5.89. The van der Waals surface area contributed by atoms with Gasteiger partial charge in [-0.15, -0.1) is 0 Å². The van der Waals surface area contributed by atoms with E-state index < -0.39 is 5.54 Å². The Morgan fingerprint density at radius 3 is 1.85 bits per heavy atom. The normalized spacial score (nSPS) is 11.8. The van der Waals surface area contributed by atoms with Crippen LogP contribution in [0.1, 0.15) is 19.4 Å². The van der Waals surface area contributed by atoms with Gasteiger partial charge in [0.15, 0.2) is 0 Å². The van der Waals surface area contributed by atoms with Crippen LogP contribution >= 0.6 is 23.2 Å². The smallest absolute Gasteiger partial charge is 0.0693 e. The molecule has 0 amide bonds. The molecule has 4 N–H and O–H groups in total. The molecule has 0 aliphatic heterocycles. The number of anilines is 1. The highest BCUT2D eigenvalue weighted by Crippen LogP contribution is 2.32. The van der Waals surface area contributed by atoms with Crippen LogP contribution in [-0.2, 0) is 5.54 Å². The molecule has 0 aromatic heterocycles. The van der Waals surface area contributed by atoms with Gasteiger partial charge in [-0.1, -0.05) is 23.2 Å². The van der Waals surface area contributed by atoms with Crippen LogP contribution < -0.4 is 11.5 Å². The highest BCUT2D eigenvalue weighted by molar-refractivity contribution is 6.38. The summed E-state index contributed by atoms with van der Waals surface area (Å²) in [5.41, 5.74) is 12.3. The van der Waals surface area contributed by atoms with E-state index in [1.54, 1.807) is 12.1 Å². The molecular formula is C9H12Cl2N2. The van der Waals surface area contributed by atoms with Gasteiger partial charge in [0, 0.05) is 5.54 Å². The third-order valence-corrected chi connectivity index (χ3v) is 2.45. The fourth-order valence-electron chi connectivity index (χ4n) is 0.956. The van der Waals surface area contributed by atoms with E-state index in [4.69, 9.17) is 34.7 Å². The van der Waals surface area contributed by atoms with Gasteiger partial charge in [-0.05, 0) is 31.5 Å². The quantitative estimate of drug-likeness (QED) is 0.713. The summed E-state index contributed by atoms with van der Waals surface area (Å²) in [6.07, 6.45) is 0. The summed E-state index contributed by atoms with van der Waals surface area (Å²) in [5.74, 6) is 0. The Hall–Kier alpha value is -0.440. The number of halogens is 2. The van der Waals surface area contributed by atoms with E-state index in [2.05, 4.69) is 0 Å². The average molecular weight is 219 g/mol. The fraction of sp³-hybridized carbons (Fsp3) is 0.333. The molecule has 0 heterocycles. The zero-order valence-electron chi connectivity index (χ0n) is 7.57. The lowest BCUT2D eigenvalue weighted by molar-refractivity contribution is 0.554. The topological polar surface area (TPSA) is 52.0 Å². The zero-order valence-corrected chi connectivity index (χ0v) is 9.08. The first kappa shape index (κ1) is 10.6. The van der Waals surface area contributed by atoms with E-state index >= 15 is 0 Å². The molecule has 0 radical (unpaired) electrons. The van der Waals surface area contributed by atoms with Crippen molar-refractivity contribution < 1.29 is 0 Å². The predicted octanol–water partition coefficient (Wildman–Crippen LogP) is 2.77. The van der Waals surface area contributed by atoms with Gasteiger partial charge in [0.05, 0.1) is 15.7 Å². The van der Waals surface area contributed by atoms with Crippen molar-refractivity contribution in [1.82, 2.24) is 0 Å². The number of benzene rings is 1. The van der Waals surface area contributed by atoms with Gasteiger partial charge in [0.25, 0.3) is 0 Å². The first-order chi connectivity index (χ1) is 5.82. The molecule has 0 atom stereocenters. The van der Waals surface area contributed by atoms with Gasteiger partial charge in [0.1, 0.15) is 0 Å². The lowest BCUT2D eigenvalue weighted by Crippen LogP contribution is -2.28. The molecule has 0 fully saturated rings. The van der Waals surface area contributed by atoms with Gasteiger partial charge >= 0.3 is 0 Å². The predicted molar refractivity (Wildman–Crippen MR) is 58.1 cm³/mol. The second-order valence-electron chi connectivity index (χ2n) is 3.58. The zero-order chi connectivity index (χ0) is 10.2. The number of hydrogen-bond acceptors (Lipinski definition) is 2. The van der Waals surface area contributed by atoms with Gasteiger partial charge in [-0.25, -0.2) is 0 Å². The fourth-order valence-corrected chi connectivity index (χ4v) is 1.44. The molecule has 1 aromatic rings. The molecule has 0 aliphatic rings. The minimum Gasteiger partial charge on any atom is -0.396 e. The number of nitrogen functional groups attached to an aromatic ring is 1. The Bertz CT molecular complexity index is 306. The van der Waals surface area contributed by atoms with Gasteiger partial charge in [-0.3, -0.25) is 0 Å². The van der Waals surface area contributed by atoms with Crippen molar-refractivity contribution in [3.8, 4) is 0 Å². The van der Waals surface area contributed by atoms with E-state index in [1.807, 2.05) is 13.8 Å². The summed E-state index contributed by atoms with van der Waals surface area (Å²) >= 11 is 11.7. The van der Waals surface area contributed by atoms with Gasteiger partial charge in [-0.2, -0.15) is 0 Å². The van der Waals surface area contributed by atoms with E-state index in [-0.39, 0.29) is 0 Å². The van der Waals surface area contributed by atoms with Crippen LogP contribution in [0.5, 0.6) is 0 Å². The van der Waals surface area contributed by atoms with Crippen LogP contribution in [0.15, 0.2) is 12.1 Å². The molecule has 0 spiro atoms. The monoisotopic (exact) mass is 218 g/mol. The summed E-state index contributed by atoms with van der Waals surface area (Å²) in [4.78, 5) is 0. The summed E-state index contributed by atoms with van der Waals surface area (Å²) in [5, 5.41) is 0.891. The largest absolute Gasteiger partial charge is 0.396 e. The van der Waals surface area contributed by atoms with Crippen molar-refractivity contribution in [1.29, 1.82) is 0 Å². The second-order valence-corrected chi connectivity index (χ2v) is 4.39. The van der Waals surface area contributed by atoms with E-state index in [0.29, 0.717) is 15.7 Å². The van der Waals surface area contributed by atoms with Gasteiger partial charge in [0.2, 0.25) is 0 Å². The van der Waals surface area contributed by atoms with Crippen molar-refractivity contribution in [2.24, 2.45) is 5.73 Å². The molecule has 0 unspecified atom stereocenters. The van der Waals surface area contributed by atoms with E-state index in [0.717, 1.165) is 5.56 Å². The Balaban J connectivity index is 3.29. The second kappa shape index (κ2) is 3.37. The molecular weight excluding hydrogens is 207 g/mol. The van der Waals surface area contributed by atoms with Crippen molar-refractivity contribution >= 4 is 28.9 Å². The number of nitrogens with two attached hydrogens (primary N) is 2. The first-order valence-electron chi connectivity index (χ1n) is 3.86.